The van der Waals surface area contributed by atoms with Crippen molar-refractivity contribution in [1.29, 1.82) is 0 Å². The van der Waals surface area contributed by atoms with Gasteiger partial charge in [-0.25, -0.2) is 0 Å². The zero-order valence-electron chi connectivity index (χ0n) is 9.63. The van der Waals surface area contributed by atoms with E-state index in [-0.39, 0.29) is 6.79 Å². The number of rotatable bonds is 4. The molecule has 0 spiro atoms. The summed E-state index contributed by atoms with van der Waals surface area (Å²) in [5.74, 6) is 2.00. The molecule has 0 saturated heterocycles. The van der Waals surface area contributed by atoms with Crippen LogP contribution >= 0.6 is 0 Å². The summed E-state index contributed by atoms with van der Waals surface area (Å²) in [7, 11) is 0. The number of hydrogen-bond acceptors (Lipinski definition) is 5. The van der Waals surface area contributed by atoms with E-state index < -0.39 is 6.10 Å². The Morgan fingerprint density at radius 1 is 1.22 bits per heavy atom. The van der Waals surface area contributed by atoms with Gasteiger partial charge in [0.25, 0.3) is 0 Å². The molecule has 1 aliphatic rings. The van der Waals surface area contributed by atoms with Gasteiger partial charge in [-0.05, 0) is 24.3 Å². The Bertz CT molecular complexity index is 524. The van der Waals surface area contributed by atoms with E-state index in [9.17, 15) is 5.11 Å². The molecule has 1 unspecified atom stereocenters. The highest BCUT2D eigenvalue weighted by atomic mass is 16.7. The van der Waals surface area contributed by atoms with Gasteiger partial charge in [0.1, 0.15) is 11.9 Å². The number of ether oxygens (including phenoxy) is 2. The standard InChI is InChI=1S/C13H13NO4/c15-10(11-2-1-5-16-11)7-14-9-3-4-12-13(6-9)18-8-17-12/h1-6,10,14-15H,7-8H2. The van der Waals surface area contributed by atoms with Crippen LogP contribution in [0.25, 0.3) is 0 Å². The smallest absolute Gasteiger partial charge is 0.231 e. The maximum Gasteiger partial charge on any atom is 0.231 e. The van der Waals surface area contributed by atoms with Gasteiger partial charge in [-0.2, -0.15) is 0 Å². The predicted molar refractivity (Wildman–Crippen MR) is 64.7 cm³/mol. The zero-order chi connectivity index (χ0) is 12.4. The van der Waals surface area contributed by atoms with Crippen molar-refractivity contribution in [2.45, 2.75) is 6.10 Å². The highest BCUT2D eigenvalue weighted by Gasteiger charge is 2.14. The molecule has 3 rings (SSSR count). The molecule has 0 radical (unpaired) electrons. The first-order chi connectivity index (χ1) is 8.83. The molecule has 1 aromatic heterocycles. The lowest BCUT2D eigenvalue weighted by Crippen LogP contribution is -2.11. The van der Waals surface area contributed by atoms with Crippen molar-refractivity contribution in [2.75, 3.05) is 18.7 Å². The predicted octanol–water partition coefficient (Wildman–Crippen LogP) is 2.15. The van der Waals surface area contributed by atoms with Gasteiger partial charge >= 0.3 is 0 Å². The number of fused-ring (bicyclic) bond motifs is 1. The molecule has 0 amide bonds. The Kier molecular flexibility index (Phi) is 2.82. The molecule has 1 aromatic carbocycles. The number of aliphatic hydroxyl groups excluding tert-OH is 1. The molecule has 1 atom stereocenters. The first-order valence-electron chi connectivity index (χ1n) is 5.68. The van der Waals surface area contributed by atoms with E-state index in [4.69, 9.17) is 13.9 Å². The van der Waals surface area contributed by atoms with Crippen LogP contribution in [0.5, 0.6) is 11.5 Å². The van der Waals surface area contributed by atoms with Gasteiger partial charge in [-0.1, -0.05) is 0 Å². The molecule has 94 valence electrons. The van der Waals surface area contributed by atoms with Crippen LogP contribution in [-0.2, 0) is 0 Å². The lowest BCUT2D eigenvalue weighted by Gasteiger charge is -2.11. The first-order valence-corrected chi connectivity index (χ1v) is 5.68. The Balaban J connectivity index is 1.63. The van der Waals surface area contributed by atoms with Crippen molar-refractivity contribution in [2.24, 2.45) is 0 Å². The summed E-state index contributed by atoms with van der Waals surface area (Å²) in [6.45, 7) is 0.626. The molecule has 1 aliphatic heterocycles. The van der Waals surface area contributed by atoms with Crippen molar-refractivity contribution in [3.8, 4) is 11.5 Å². The summed E-state index contributed by atoms with van der Waals surface area (Å²) in [5, 5.41) is 13.0. The summed E-state index contributed by atoms with van der Waals surface area (Å²) in [6, 6.07) is 9.05. The van der Waals surface area contributed by atoms with Crippen LogP contribution in [0.4, 0.5) is 5.69 Å². The van der Waals surface area contributed by atoms with Crippen molar-refractivity contribution in [3.63, 3.8) is 0 Å². The summed E-state index contributed by atoms with van der Waals surface area (Å²) < 4.78 is 15.6. The topological polar surface area (TPSA) is 63.9 Å². The normalized spacial score (nSPS) is 14.5. The van der Waals surface area contributed by atoms with E-state index in [1.54, 1.807) is 18.4 Å². The van der Waals surface area contributed by atoms with Gasteiger partial charge in [-0.3, -0.25) is 0 Å². The minimum Gasteiger partial charge on any atom is -0.467 e. The van der Waals surface area contributed by atoms with Crippen molar-refractivity contribution in [1.82, 2.24) is 0 Å². The first kappa shape index (κ1) is 11.0. The number of aliphatic hydroxyl groups is 1. The fourth-order valence-corrected chi connectivity index (χ4v) is 1.80. The summed E-state index contributed by atoms with van der Waals surface area (Å²) in [6.07, 6.45) is 0.865. The fraction of sp³-hybridized carbons (Fsp3) is 0.231. The quantitative estimate of drug-likeness (QED) is 0.866. The van der Waals surface area contributed by atoms with Gasteiger partial charge < -0.3 is 24.3 Å². The maximum atomic E-state index is 9.85. The second-order valence-electron chi connectivity index (χ2n) is 3.98. The lowest BCUT2D eigenvalue weighted by molar-refractivity contribution is 0.162. The molecule has 0 aliphatic carbocycles. The lowest BCUT2D eigenvalue weighted by atomic mass is 10.2. The molecule has 0 saturated carbocycles. The van der Waals surface area contributed by atoms with Gasteiger partial charge in [0, 0.05) is 18.3 Å². The zero-order valence-corrected chi connectivity index (χ0v) is 9.63. The second kappa shape index (κ2) is 4.62. The van der Waals surface area contributed by atoms with Crippen LogP contribution in [0, 0.1) is 0 Å². The highest BCUT2D eigenvalue weighted by Crippen LogP contribution is 2.34. The molecule has 2 aromatic rings. The van der Waals surface area contributed by atoms with Crippen LogP contribution in [-0.4, -0.2) is 18.4 Å². The third-order valence-electron chi connectivity index (χ3n) is 2.74. The summed E-state index contributed by atoms with van der Waals surface area (Å²) >= 11 is 0. The molecule has 0 bridgehead atoms. The van der Waals surface area contributed by atoms with E-state index in [1.807, 2.05) is 18.2 Å². The molecular weight excluding hydrogens is 234 g/mol. The van der Waals surface area contributed by atoms with E-state index >= 15 is 0 Å². The second-order valence-corrected chi connectivity index (χ2v) is 3.98. The number of furan rings is 1. The molecule has 18 heavy (non-hydrogen) atoms. The van der Waals surface area contributed by atoms with E-state index in [1.165, 1.54) is 0 Å². The fourth-order valence-electron chi connectivity index (χ4n) is 1.80. The van der Waals surface area contributed by atoms with Gasteiger partial charge in [0.05, 0.1) is 6.26 Å². The van der Waals surface area contributed by atoms with E-state index in [0.717, 1.165) is 11.4 Å². The SMILES string of the molecule is OC(CNc1ccc2c(c1)OCO2)c1ccco1. The molecular formula is C13H13NO4. The van der Waals surface area contributed by atoms with Crippen molar-refractivity contribution in [3.05, 3.63) is 42.4 Å². The van der Waals surface area contributed by atoms with Crippen molar-refractivity contribution < 1.29 is 19.0 Å². The van der Waals surface area contributed by atoms with Crippen molar-refractivity contribution >= 4 is 5.69 Å². The number of hydrogen-bond donors (Lipinski definition) is 2. The average molecular weight is 247 g/mol. The molecule has 0 fully saturated rings. The maximum absolute atomic E-state index is 9.85. The molecule has 2 heterocycles. The number of anilines is 1. The minimum atomic E-state index is -0.676. The molecule has 2 N–H and O–H groups in total. The van der Waals surface area contributed by atoms with Crippen LogP contribution in [0.2, 0.25) is 0 Å². The largest absolute Gasteiger partial charge is 0.467 e. The monoisotopic (exact) mass is 247 g/mol. The Morgan fingerprint density at radius 3 is 2.94 bits per heavy atom. The number of nitrogens with one attached hydrogen (secondary N) is 1. The van der Waals surface area contributed by atoms with E-state index in [0.29, 0.717) is 18.1 Å². The number of benzene rings is 1. The molecule has 5 heteroatoms. The van der Waals surface area contributed by atoms with Gasteiger partial charge in [0.15, 0.2) is 11.5 Å². The minimum absolute atomic E-state index is 0.258. The third-order valence-corrected chi connectivity index (χ3v) is 2.74. The van der Waals surface area contributed by atoms with Gasteiger partial charge in [0.2, 0.25) is 6.79 Å². The Hall–Kier alpha value is -2.14. The van der Waals surface area contributed by atoms with Crippen LogP contribution < -0.4 is 14.8 Å². The molecule has 5 nitrogen and oxygen atoms in total. The van der Waals surface area contributed by atoms with Crippen LogP contribution in [0.15, 0.2) is 41.0 Å². The average Bonchev–Trinajstić information content (AvgIpc) is 3.05. The highest BCUT2D eigenvalue weighted by molar-refractivity contribution is 5.55. The van der Waals surface area contributed by atoms with E-state index in [2.05, 4.69) is 5.32 Å². The summed E-state index contributed by atoms with van der Waals surface area (Å²) in [5.41, 5.74) is 0.866. The van der Waals surface area contributed by atoms with Crippen LogP contribution in [0.3, 0.4) is 0 Å². The summed E-state index contributed by atoms with van der Waals surface area (Å²) in [4.78, 5) is 0. The Labute approximate surface area is 104 Å². The third kappa shape index (κ3) is 2.12. The Morgan fingerprint density at radius 2 is 2.11 bits per heavy atom. The van der Waals surface area contributed by atoms with Crippen LogP contribution in [0.1, 0.15) is 11.9 Å². The van der Waals surface area contributed by atoms with Gasteiger partial charge in [-0.15, -0.1) is 0 Å².